The van der Waals surface area contributed by atoms with Crippen LogP contribution in [0.15, 0.2) is 60.7 Å². The van der Waals surface area contributed by atoms with Gasteiger partial charge in [0.25, 0.3) is 5.91 Å². The first kappa shape index (κ1) is 22.4. The molecule has 0 bridgehead atoms. The van der Waals surface area contributed by atoms with Crippen molar-refractivity contribution in [3.63, 3.8) is 0 Å². The molecule has 1 aliphatic carbocycles. The first-order chi connectivity index (χ1) is 13.1. The fraction of sp³-hybridized carbons (Fsp3) is 0.458. The number of halogens is 1. The van der Waals surface area contributed by atoms with Crippen LogP contribution in [-0.4, -0.2) is 42.4 Å². The largest absolute Gasteiger partial charge is 0.336 e. The van der Waals surface area contributed by atoms with Gasteiger partial charge in [-0.15, -0.1) is 12.4 Å². The third-order valence-electron chi connectivity index (χ3n) is 6.14. The zero-order chi connectivity index (χ0) is 19.3. The topological polar surface area (TPSA) is 23.6 Å². The maximum Gasteiger partial charge on any atom is 0.254 e. The van der Waals surface area contributed by atoms with E-state index in [0.717, 1.165) is 44.2 Å². The molecule has 0 unspecified atom stereocenters. The summed E-state index contributed by atoms with van der Waals surface area (Å²) in [7, 11) is 4.37. The quantitative estimate of drug-likeness (QED) is 0.651. The highest BCUT2D eigenvalue weighted by atomic mass is 35.5. The van der Waals surface area contributed by atoms with Crippen molar-refractivity contribution in [3.8, 4) is 0 Å². The first-order valence-electron chi connectivity index (χ1n) is 10.2. The van der Waals surface area contributed by atoms with Crippen molar-refractivity contribution in [2.75, 3.05) is 20.6 Å². The molecule has 1 aliphatic rings. The van der Waals surface area contributed by atoms with Gasteiger partial charge in [0.1, 0.15) is 0 Å². The number of rotatable bonds is 6. The predicted molar refractivity (Wildman–Crippen MR) is 119 cm³/mol. The average Bonchev–Trinajstić information content (AvgIpc) is 2.73. The van der Waals surface area contributed by atoms with Crippen molar-refractivity contribution < 1.29 is 4.79 Å². The molecule has 2 aromatic rings. The number of hydrogen-bond acceptors (Lipinski definition) is 2. The highest BCUT2D eigenvalue weighted by molar-refractivity contribution is 5.94. The number of carbonyl (C=O) groups excluding carboxylic acids is 1. The van der Waals surface area contributed by atoms with Crippen LogP contribution in [0.4, 0.5) is 0 Å². The van der Waals surface area contributed by atoms with E-state index in [-0.39, 0.29) is 23.9 Å². The van der Waals surface area contributed by atoms with Crippen LogP contribution in [0.3, 0.4) is 0 Å². The highest BCUT2D eigenvalue weighted by Gasteiger charge is 2.40. The van der Waals surface area contributed by atoms with E-state index in [2.05, 4.69) is 61.2 Å². The molecule has 152 valence electrons. The second kappa shape index (κ2) is 10.1. The van der Waals surface area contributed by atoms with Crippen LogP contribution in [0.5, 0.6) is 0 Å². The lowest BCUT2D eigenvalue weighted by atomic mass is 9.73. The van der Waals surface area contributed by atoms with Gasteiger partial charge in [-0.05, 0) is 63.9 Å². The Balaban J connectivity index is 0.00000280. The summed E-state index contributed by atoms with van der Waals surface area (Å²) in [5.74, 6) is 0.180. The fourth-order valence-electron chi connectivity index (χ4n) is 4.57. The number of amides is 1. The molecule has 0 saturated heterocycles. The van der Waals surface area contributed by atoms with E-state index in [1.807, 2.05) is 30.3 Å². The molecule has 0 spiro atoms. The van der Waals surface area contributed by atoms with Crippen molar-refractivity contribution in [1.82, 2.24) is 9.80 Å². The summed E-state index contributed by atoms with van der Waals surface area (Å²) in [6, 6.07) is 20.9. The SMILES string of the molecule is CCCN(C(=O)c1ccccc1)C1CCC(c2ccccc2)(N(C)C)CC1.Cl. The minimum Gasteiger partial charge on any atom is -0.336 e. The van der Waals surface area contributed by atoms with E-state index in [1.165, 1.54) is 5.56 Å². The molecule has 1 fully saturated rings. The predicted octanol–water partition coefficient (Wildman–Crippen LogP) is 5.36. The normalized spacial score (nSPS) is 21.8. The molecule has 0 atom stereocenters. The van der Waals surface area contributed by atoms with E-state index in [0.29, 0.717) is 6.04 Å². The Kier molecular flexibility index (Phi) is 8.09. The average molecular weight is 401 g/mol. The molecule has 0 heterocycles. The monoisotopic (exact) mass is 400 g/mol. The van der Waals surface area contributed by atoms with Gasteiger partial charge in [-0.2, -0.15) is 0 Å². The van der Waals surface area contributed by atoms with Crippen molar-refractivity contribution in [1.29, 1.82) is 0 Å². The first-order valence-corrected chi connectivity index (χ1v) is 10.2. The Labute approximate surface area is 176 Å². The summed E-state index contributed by atoms with van der Waals surface area (Å²) in [5.41, 5.74) is 2.27. The number of benzene rings is 2. The molecule has 2 aromatic carbocycles. The van der Waals surface area contributed by atoms with Gasteiger partial charge in [0.15, 0.2) is 0 Å². The van der Waals surface area contributed by atoms with E-state index >= 15 is 0 Å². The van der Waals surface area contributed by atoms with Crippen LogP contribution in [0.2, 0.25) is 0 Å². The fourth-order valence-corrected chi connectivity index (χ4v) is 4.57. The van der Waals surface area contributed by atoms with Crippen LogP contribution in [0, 0.1) is 0 Å². The summed E-state index contributed by atoms with van der Waals surface area (Å²) in [5, 5.41) is 0. The molecule has 3 nitrogen and oxygen atoms in total. The standard InChI is InChI=1S/C24H32N2O.ClH/c1-4-19-26(23(27)20-11-7-5-8-12-20)22-15-17-24(18-16-22,25(2)3)21-13-9-6-10-14-21;/h5-14,22H,4,15-19H2,1-3H3;1H. The zero-order valence-corrected chi connectivity index (χ0v) is 18.1. The molecular formula is C24H33ClN2O. The minimum atomic E-state index is 0. The van der Waals surface area contributed by atoms with Crippen LogP contribution in [0.25, 0.3) is 0 Å². The van der Waals surface area contributed by atoms with Gasteiger partial charge in [-0.1, -0.05) is 55.5 Å². The van der Waals surface area contributed by atoms with E-state index in [9.17, 15) is 4.79 Å². The lowest BCUT2D eigenvalue weighted by Crippen LogP contribution is -2.50. The zero-order valence-electron chi connectivity index (χ0n) is 17.3. The smallest absolute Gasteiger partial charge is 0.254 e. The second-order valence-electron chi connectivity index (χ2n) is 7.89. The lowest BCUT2D eigenvalue weighted by molar-refractivity contribution is 0.0388. The minimum absolute atomic E-state index is 0. The Morgan fingerprint density at radius 3 is 2.00 bits per heavy atom. The van der Waals surface area contributed by atoms with Gasteiger partial charge < -0.3 is 4.90 Å². The van der Waals surface area contributed by atoms with Crippen LogP contribution in [-0.2, 0) is 5.54 Å². The lowest BCUT2D eigenvalue weighted by Gasteiger charge is -2.47. The van der Waals surface area contributed by atoms with Crippen molar-refractivity contribution in [2.24, 2.45) is 0 Å². The Morgan fingerprint density at radius 1 is 0.964 bits per heavy atom. The molecular weight excluding hydrogens is 368 g/mol. The van der Waals surface area contributed by atoms with Gasteiger partial charge in [0, 0.05) is 23.7 Å². The van der Waals surface area contributed by atoms with Crippen molar-refractivity contribution >= 4 is 18.3 Å². The molecule has 28 heavy (non-hydrogen) atoms. The van der Waals surface area contributed by atoms with Gasteiger partial charge in [-0.25, -0.2) is 0 Å². The van der Waals surface area contributed by atoms with E-state index < -0.39 is 0 Å². The van der Waals surface area contributed by atoms with Crippen LogP contribution >= 0.6 is 12.4 Å². The molecule has 4 heteroatoms. The number of hydrogen-bond donors (Lipinski definition) is 0. The molecule has 3 rings (SSSR count). The molecule has 0 radical (unpaired) electrons. The third kappa shape index (κ3) is 4.59. The maximum absolute atomic E-state index is 13.1. The van der Waals surface area contributed by atoms with Gasteiger partial charge in [-0.3, -0.25) is 9.69 Å². The Hall–Kier alpha value is -1.84. The molecule has 1 amide bonds. The van der Waals surface area contributed by atoms with Gasteiger partial charge >= 0.3 is 0 Å². The van der Waals surface area contributed by atoms with Gasteiger partial charge in [0.05, 0.1) is 0 Å². The Bertz CT molecular complexity index is 725. The molecule has 0 aromatic heterocycles. The summed E-state index contributed by atoms with van der Waals surface area (Å²) in [6.07, 6.45) is 5.25. The molecule has 0 aliphatic heterocycles. The van der Waals surface area contributed by atoms with Crippen LogP contribution < -0.4 is 0 Å². The third-order valence-corrected chi connectivity index (χ3v) is 6.14. The van der Waals surface area contributed by atoms with E-state index in [4.69, 9.17) is 0 Å². The Morgan fingerprint density at radius 2 is 1.50 bits per heavy atom. The summed E-state index contributed by atoms with van der Waals surface area (Å²) < 4.78 is 0. The maximum atomic E-state index is 13.1. The number of carbonyl (C=O) groups is 1. The van der Waals surface area contributed by atoms with Crippen LogP contribution in [0.1, 0.15) is 54.9 Å². The van der Waals surface area contributed by atoms with E-state index in [1.54, 1.807) is 0 Å². The molecule has 0 N–H and O–H groups in total. The summed E-state index contributed by atoms with van der Waals surface area (Å²) >= 11 is 0. The molecule has 1 saturated carbocycles. The van der Waals surface area contributed by atoms with Gasteiger partial charge in [0.2, 0.25) is 0 Å². The number of nitrogens with zero attached hydrogens (tertiary/aromatic N) is 2. The summed E-state index contributed by atoms with van der Waals surface area (Å²) in [4.78, 5) is 17.6. The summed E-state index contributed by atoms with van der Waals surface area (Å²) in [6.45, 7) is 2.99. The second-order valence-corrected chi connectivity index (χ2v) is 7.89. The van der Waals surface area contributed by atoms with Crippen molar-refractivity contribution in [2.45, 2.75) is 50.6 Å². The van der Waals surface area contributed by atoms with Crippen molar-refractivity contribution in [3.05, 3.63) is 71.8 Å². The highest BCUT2D eigenvalue weighted by Crippen LogP contribution is 2.42.